The Balaban J connectivity index is 1.47. The molecule has 3 heterocycles. The van der Waals surface area contributed by atoms with E-state index in [-0.39, 0.29) is 6.03 Å². The molecule has 1 aromatic carbocycles. The van der Waals surface area contributed by atoms with E-state index in [9.17, 15) is 4.79 Å². The van der Waals surface area contributed by atoms with Crippen molar-refractivity contribution >= 4 is 11.7 Å². The average molecular weight is 338 g/mol. The number of rotatable bonds is 3. The SMILES string of the molecule is CCc1nnc2n1CCN(C(=O)Nc1cccc(-c3ccon3)c1)C2. The van der Waals surface area contributed by atoms with Crippen LogP contribution >= 0.6 is 0 Å². The van der Waals surface area contributed by atoms with E-state index in [1.807, 2.05) is 24.3 Å². The molecule has 25 heavy (non-hydrogen) atoms. The maximum Gasteiger partial charge on any atom is 0.322 e. The molecule has 8 nitrogen and oxygen atoms in total. The number of hydrogen-bond acceptors (Lipinski definition) is 5. The highest BCUT2D eigenvalue weighted by Gasteiger charge is 2.24. The molecule has 1 aliphatic rings. The van der Waals surface area contributed by atoms with Gasteiger partial charge in [-0.05, 0) is 12.1 Å². The first-order valence-electron chi connectivity index (χ1n) is 8.22. The van der Waals surface area contributed by atoms with Crippen LogP contribution in [0.3, 0.4) is 0 Å². The molecule has 2 amide bonds. The first kappa shape index (κ1) is 15.4. The van der Waals surface area contributed by atoms with Gasteiger partial charge in [0.2, 0.25) is 0 Å². The molecule has 0 saturated carbocycles. The summed E-state index contributed by atoms with van der Waals surface area (Å²) in [6.45, 7) is 3.87. The van der Waals surface area contributed by atoms with Gasteiger partial charge in [0.1, 0.15) is 17.8 Å². The van der Waals surface area contributed by atoms with Gasteiger partial charge in [0, 0.05) is 36.8 Å². The van der Waals surface area contributed by atoms with E-state index in [1.54, 1.807) is 11.0 Å². The van der Waals surface area contributed by atoms with E-state index < -0.39 is 0 Å². The van der Waals surface area contributed by atoms with Crippen molar-refractivity contribution in [3.63, 3.8) is 0 Å². The number of amides is 2. The van der Waals surface area contributed by atoms with Gasteiger partial charge in [0.15, 0.2) is 5.82 Å². The smallest absolute Gasteiger partial charge is 0.322 e. The largest absolute Gasteiger partial charge is 0.364 e. The van der Waals surface area contributed by atoms with E-state index in [4.69, 9.17) is 4.52 Å². The van der Waals surface area contributed by atoms with Crippen LogP contribution in [0.25, 0.3) is 11.3 Å². The number of nitrogens with one attached hydrogen (secondary N) is 1. The first-order valence-corrected chi connectivity index (χ1v) is 8.22. The normalized spacial score (nSPS) is 13.6. The fourth-order valence-electron chi connectivity index (χ4n) is 2.97. The lowest BCUT2D eigenvalue weighted by Gasteiger charge is -2.28. The number of fused-ring (bicyclic) bond motifs is 1. The van der Waals surface area contributed by atoms with Crippen LogP contribution in [0.15, 0.2) is 41.1 Å². The number of hydrogen-bond donors (Lipinski definition) is 1. The predicted octanol–water partition coefficient (Wildman–Crippen LogP) is 2.54. The average Bonchev–Trinajstić information content (AvgIpc) is 3.31. The number of benzene rings is 1. The number of urea groups is 1. The molecule has 0 radical (unpaired) electrons. The highest BCUT2D eigenvalue weighted by atomic mass is 16.5. The third kappa shape index (κ3) is 2.98. The molecule has 2 aromatic heterocycles. The van der Waals surface area contributed by atoms with Crippen LogP contribution in [0.1, 0.15) is 18.6 Å². The van der Waals surface area contributed by atoms with Crippen molar-refractivity contribution in [1.82, 2.24) is 24.8 Å². The second-order valence-electron chi connectivity index (χ2n) is 5.85. The van der Waals surface area contributed by atoms with Gasteiger partial charge in [-0.1, -0.05) is 24.2 Å². The quantitative estimate of drug-likeness (QED) is 0.793. The summed E-state index contributed by atoms with van der Waals surface area (Å²) < 4.78 is 6.96. The van der Waals surface area contributed by atoms with Crippen molar-refractivity contribution in [1.29, 1.82) is 0 Å². The van der Waals surface area contributed by atoms with Crippen molar-refractivity contribution in [2.24, 2.45) is 0 Å². The molecule has 128 valence electrons. The van der Waals surface area contributed by atoms with Gasteiger partial charge < -0.3 is 19.3 Å². The lowest BCUT2D eigenvalue weighted by Crippen LogP contribution is -2.41. The lowest BCUT2D eigenvalue weighted by molar-refractivity contribution is 0.195. The lowest BCUT2D eigenvalue weighted by atomic mass is 10.1. The molecule has 1 N–H and O–H groups in total. The molecule has 0 atom stereocenters. The second-order valence-corrected chi connectivity index (χ2v) is 5.85. The summed E-state index contributed by atoms with van der Waals surface area (Å²) in [5.74, 6) is 1.80. The van der Waals surface area contributed by atoms with Crippen LogP contribution in [-0.4, -0.2) is 37.4 Å². The number of nitrogens with zero attached hydrogens (tertiary/aromatic N) is 5. The molecule has 0 unspecified atom stereocenters. The minimum Gasteiger partial charge on any atom is -0.364 e. The molecule has 0 bridgehead atoms. The minimum absolute atomic E-state index is 0.149. The highest BCUT2D eigenvalue weighted by molar-refractivity contribution is 5.90. The molecule has 0 fully saturated rings. The molecular formula is C17H18N6O2. The third-order valence-electron chi connectivity index (χ3n) is 4.28. The molecule has 4 rings (SSSR count). The Hall–Kier alpha value is -3.16. The molecule has 8 heteroatoms. The van der Waals surface area contributed by atoms with Crippen molar-refractivity contribution in [2.75, 3.05) is 11.9 Å². The van der Waals surface area contributed by atoms with Crippen molar-refractivity contribution < 1.29 is 9.32 Å². The Morgan fingerprint density at radius 2 is 2.20 bits per heavy atom. The molecule has 0 saturated heterocycles. The van der Waals surface area contributed by atoms with E-state index in [0.717, 1.165) is 35.9 Å². The maximum absolute atomic E-state index is 12.6. The van der Waals surface area contributed by atoms with Gasteiger partial charge in [0.25, 0.3) is 0 Å². The van der Waals surface area contributed by atoms with E-state index >= 15 is 0 Å². The highest BCUT2D eigenvalue weighted by Crippen LogP contribution is 2.21. The fraction of sp³-hybridized carbons (Fsp3) is 0.294. The van der Waals surface area contributed by atoms with Gasteiger partial charge in [-0.25, -0.2) is 4.79 Å². The molecular weight excluding hydrogens is 320 g/mol. The molecule has 0 aliphatic carbocycles. The summed E-state index contributed by atoms with van der Waals surface area (Å²) in [6, 6.07) is 9.15. The third-order valence-corrected chi connectivity index (χ3v) is 4.28. The van der Waals surface area contributed by atoms with Crippen LogP contribution < -0.4 is 5.32 Å². The van der Waals surface area contributed by atoms with Gasteiger partial charge in [-0.15, -0.1) is 10.2 Å². The Labute approximate surface area is 144 Å². The zero-order valence-corrected chi connectivity index (χ0v) is 13.8. The van der Waals surface area contributed by atoms with Crippen LogP contribution in [0.5, 0.6) is 0 Å². The van der Waals surface area contributed by atoms with Crippen molar-refractivity contribution in [3.8, 4) is 11.3 Å². The zero-order chi connectivity index (χ0) is 17.2. The molecule has 3 aromatic rings. The number of aromatic nitrogens is 4. The van der Waals surface area contributed by atoms with Crippen LogP contribution in [0, 0.1) is 0 Å². The zero-order valence-electron chi connectivity index (χ0n) is 13.8. The predicted molar refractivity (Wildman–Crippen MR) is 90.8 cm³/mol. The summed E-state index contributed by atoms with van der Waals surface area (Å²) in [5.41, 5.74) is 2.33. The monoisotopic (exact) mass is 338 g/mol. The minimum atomic E-state index is -0.149. The topological polar surface area (TPSA) is 89.1 Å². The van der Waals surface area contributed by atoms with E-state index in [1.165, 1.54) is 6.26 Å². The first-order chi connectivity index (χ1) is 12.2. The molecule has 0 spiro atoms. The summed E-state index contributed by atoms with van der Waals surface area (Å²) in [4.78, 5) is 14.3. The number of aryl methyl sites for hydroxylation is 1. The summed E-state index contributed by atoms with van der Waals surface area (Å²) in [7, 11) is 0. The van der Waals surface area contributed by atoms with Gasteiger partial charge in [-0.2, -0.15) is 0 Å². The van der Waals surface area contributed by atoms with Gasteiger partial charge in [-0.3, -0.25) is 0 Å². The molecule has 1 aliphatic heterocycles. The van der Waals surface area contributed by atoms with Gasteiger partial charge >= 0.3 is 6.03 Å². The van der Waals surface area contributed by atoms with Crippen molar-refractivity contribution in [2.45, 2.75) is 26.4 Å². The Bertz CT molecular complexity index is 886. The summed E-state index contributed by atoms with van der Waals surface area (Å²) in [6.07, 6.45) is 2.36. The van der Waals surface area contributed by atoms with Crippen molar-refractivity contribution in [3.05, 3.63) is 48.2 Å². The number of carbonyl (C=O) groups excluding carboxylic acids is 1. The number of carbonyl (C=O) groups is 1. The Morgan fingerprint density at radius 1 is 1.28 bits per heavy atom. The standard InChI is InChI=1S/C17H18N6O2/c1-2-15-19-20-16-11-22(7-8-23(15)16)17(24)18-13-5-3-4-12(10-13)14-6-9-25-21-14/h3-6,9-10H,2,7-8,11H2,1H3,(H,18,24). The maximum atomic E-state index is 12.6. The van der Waals surface area contributed by atoms with Crippen LogP contribution in [0.2, 0.25) is 0 Å². The second kappa shape index (κ2) is 6.39. The summed E-state index contributed by atoms with van der Waals surface area (Å²) in [5, 5.41) is 15.2. The Kier molecular flexibility index (Phi) is 3.93. The van der Waals surface area contributed by atoms with Gasteiger partial charge in [0.05, 0.1) is 6.54 Å². The summed E-state index contributed by atoms with van der Waals surface area (Å²) >= 11 is 0. The van der Waals surface area contributed by atoms with Crippen LogP contribution in [-0.2, 0) is 19.5 Å². The van der Waals surface area contributed by atoms with E-state index in [0.29, 0.717) is 18.8 Å². The fourth-order valence-corrected chi connectivity index (χ4v) is 2.97. The Morgan fingerprint density at radius 3 is 3.00 bits per heavy atom. The van der Waals surface area contributed by atoms with Crippen LogP contribution in [0.4, 0.5) is 10.5 Å². The van der Waals surface area contributed by atoms with E-state index in [2.05, 4.69) is 32.2 Å². The number of anilines is 1.